The molecule has 0 aliphatic heterocycles. The molecule has 4 nitrogen and oxygen atoms in total. The molecule has 0 atom stereocenters. The number of rotatable bonds is 5. The van der Waals surface area contributed by atoms with E-state index in [1.807, 2.05) is 17.5 Å². The Kier molecular flexibility index (Phi) is 4.14. The summed E-state index contributed by atoms with van der Waals surface area (Å²) in [6.07, 6.45) is 0. The van der Waals surface area contributed by atoms with Crippen LogP contribution < -0.4 is 4.72 Å². The van der Waals surface area contributed by atoms with E-state index in [-0.39, 0.29) is 17.2 Å². The third kappa shape index (κ3) is 3.50. The highest BCUT2D eigenvalue weighted by Crippen LogP contribution is 2.14. The van der Waals surface area contributed by atoms with Crippen molar-refractivity contribution in [1.82, 2.24) is 4.72 Å². The molecule has 1 aromatic heterocycles. The lowest BCUT2D eigenvalue weighted by atomic mass is 10.2. The molecule has 0 saturated heterocycles. The molecule has 0 bridgehead atoms. The molecule has 19 heavy (non-hydrogen) atoms. The molecule has 0 radical (unpaired) electrons. The third-order valence-corrected chi connectivity index (χ3v) is 4.84. The second kappa shape index (κ2) is 5.64. The first-order chi connectivity index (χ1) is 8.99. The van der Waals surface area contributed by atoms with Crippen LogP contribution in [0, 0.1) is 0 Å². The third-order valence-electron chi connectivity index (χ3n) is 2.57. The zero-order valence-electron chi connectivity index (χ0n) is 10.3. The number of thiophene rings is 1. The lowest BCUT2D eigenvalue weighted by molar-refractivity contribution is 0.101. The van der Waals surface area contributed by atoms with Crippen molar-refractivity contribution >= 4 is 27.1 Å². The summed E-state index contributed by atoms with van der Waals surface area (Å²) in [5.41, 5.74) is 0.388. The van der Waals surface area contributed by atoms with Gasteiger partial charge in [-0.3, -0.25) is 4.79 Å². The lowest BCUT2D eigenvalue weighted by Gasteiger charge is -2.06. The molecule has 0 saturated carbocycles. The van der Waals surface area contributed by atoms with Gasteiger partial charge in [-0.15, -0.1) is 11.3 Å². The highest BCUT2D eigenvalue weighted by Gasteiger charge is 2.15. The average Bonchev–Trinajstić information content (AvgIpc) is 2.90. The Hall–Kier alpha value is -1.50. The maximum Gasteiger partial charge on any atom is 0.240 e. The smallest absolute Gasteiger partial charge is 0.240 e. The minimum Gasteiger partial charge on any atom is -0.295 e. The van der Waals surface area contributed by atoms with Crippen molar-refractivity contribution in [2.75, 3.05) is 0 Å². The van der Waals surface area contributed by atoms with Gasteiger partial charge >= 0.3 is 0 Å². The summed E-state index contributed by atoms with van der Waals surface area (Å²) >= 11 is 1.49. The second-order valence-corrected chi connectivity index (χ2v) is 6.79. The molecule has 1 N–H and O–H groups in total. The zero-order valence-corrected chi connectivity index (χ0v) is 11.9. The largest absolute Gasteiger partial charge is 0.295 e. The molecule has 0 spiro atoms. The van der Waals surface area contributed by atoms with E-state index in [4.69, 9.17) is 0 Å². The summed E-state index contributed by atoms with van der Waals surface area (Å²) in [5, 5.41) is 1.89. The first-order valence-electron chi connectivity index (χ1n) is 5.62. The monoisotopic (exact) mass is 295 g/mol. The van der Waals surface area contributed by atoms with Gasteiger partial charge in [0.1, 0.15) is 0 Å². The highest BCUT2D eigenvalue weighted by atomic mass is 32.2. The Morgan fingerprint density at radius 3 is 2.68 bits per heavy atom. The van der Waals surface area contributed by atoms with Crippen LogP contribution in [0.25, 0.3) is 0 Å². The number of benzene rings is 1. The van der Waals surface area contributed by atoms with Crippen molar-refractivity contribution in [3.8, 4) is 0 Å². The van der Waals surface area contributed by atoms with Gasteiger partial charge in [-0.2, -0.15) is 0 Å². The number of Topliss-reactive ketones (excluding diaryl/α,β-unsaturated/α-hetero) is 1. The van der Waals surface area contributed by atoms with Crippen LogP contribution >= 0.6 is 11.3 Å². The van der Waals surface area contributed by atoms with Gasteiger partial charge in [0.25, 0.3) is 0 Å². The highest BCUT2D eigenvalue weighted by molar-refractivity contribution is 7.89. The molecule has 0 amide bonds. The topological polar surface area (TPSA) is 63.2 Å². The molecule has 6 heteroatoms. The van der Waals surface area contributed by atoms with E-state index in [9.17, 15) is 13.2 Å². The number of ketones is 1. The van der Waals surface area contributed by atoms with Crippen LogP contribution in [-0.2, 0) is 16.6 Å². The molecule has 100 valence electrons. The van der Waals surface area contributed by atoms with E-state index in [2.05, 4.69) is 4.72 Å². The first-order valence-corrected chi connectivity index (χ1v) is 7.98. The molecule has 2 aromatic rings. The summed E-state index contributed by atoms with van der Waals surface area (Å²) < 4.78 is 26.7. The van der Waals surface area contributed by atoms with E-state index in [0.717, 1.165) is 4.88 Å². The lowest BCUT2D eigenvalue weighted by Crippen LogP contribution is -2.23. The van der Waals surface area contributed by atoms with Gasteiger partial charge in [-0.25, -0.2) is 13.1 Å². The van der Waals surface area contributed by atoms with Gasteiger partial charge in [-0.1, -0.05) is 18.2 Å². The summed E-state index contributed by atoms with van der Waals surface area (Å²) in [7, 11) is -3.59. The predicted molar refractivity (Wildman–Crippen MR) is 74.8 cm³/mol. The van der Waals surface area contributed by atoms with Crippen LogP contribution in [0.3, 0.4) is 0 Å². The minimum absolute atomic E-state index is 0.108. The molecule has 0 aliphatic rings. The number of sulfonamides is 1. The van der Waals surface area contributed by atoms with Crippen LogP contribution in [0.5, 0.6) is 0 Å². The van der Waals surface area contributed by atoms with Crippen molar-refractivity contribution in [2.24, 2.45) is 0 Å². The summed E-state index contributed by atoms with van der Waals surface area (Å²) in [5.74, 6) is -0.157. The fraction of sp³-hybridized carbons (Fsp3) is 0.154. The quantitative estimate of drug-likeness (QED) is 0.862. The number of nitrogens with one attached hydrogen (secondary N) is 1. The Balaban J connectivity index is 2.19. The van der Waals surface area contributed by atoms with Crippen molar-refractivity contribution < 1.29 is 13.2 Å². The number of hydrogen-bond acceptors (Lipinski definition) is 4. The second-order valence-electron chi connectivity index (χ2n) is 3.99. The minimum atomic E-state index is -3.59. The van der Waals surface area contributed by atoms with Crippen molar-refractivity contribution in [3.05, 3.63) is 52.2 Å². The van der Waals surface area contributed by atoms with Crippen LogP contribution in [0.1, 0.15) is 22.2 Å². The molecular weight excluding hydrogens is 282 g/mol. The maximum atomic E-state index is 12.1. The summed E-state index contributed by atoms with van der Waals surface area (Å²) in [4.78, 5) is 12.3. The van der Waals surface area contributed by atoms with E-state index >= 15 is 0 Å². The van der Waals surface area contributed by atoms with Gasteiger partial charge in [0.15, 0.2) is 5.78 Å². The molecule has 2 rings (SSSR count). The van der Waals surface area contributed by atoms with Gasteiger partial charge in [0.05, 0.1) is 4.90 Å². The Morgan fingerprint density at radius 1 is 1.26 bits per heavy atom. The van der Waals surface area contributed by atoms with Crippen LogP contribution in [0.15, 0.2) is 46.7 Å². The first kappa shape index (κ1) is 13.9. The maximum absolute atomic E-state index is 12.1. The zero-order chi connectivity index (χ0) is 13.9. The van der Waals surface area contributed by atoms with Crippen molar-refractivity contribution in [2.45, 2.75) is 18.4 Å². The molecule has 1 aromatic carbocycles. The van der Waals surface area contributed by atoms with Gasteiger partial charge < -0.3 is 0 Å². The van der Waals surface area contributed by atoms with Crippen LogP contribution in [-0.4, -0.2) is 14.2 Å². The van der Waals surface area contributed by atoms with E-state index in [0.29, 0.717) is 5.56 Å². The number of hydrogen-bond donors (Lipinski definition) is 1. The van der Waals surface area contributed by atoms with Crippen LogP contribution in [0.4, 0.5) is 0 Å². The fourth-order valence-corrected chi connectivity index (χ4v) is 3.33. The Morgan fingerprint density at radius 2 is 2.05 bits per heavy atom. The molecule has 1 heterocycles. The Labute approximate surface area is 116 Å². The van der Waals surface area contributed by atoms with Crippen LogP contribution in [0.2, 0.25) is 0 Å². The fourth-order valence-electron chi connectivity index (χ4n) is 1.54. The van der Waals surface area contributed by atoms with Crippen molar-refractivity contribution in [3.63, 3.8) is 0 Å². The predicted octanol–water partition coefficient (Wildman–Crippen LogP) is 2.43. The van der Waals surface area contributed by atoms with E-state index in [1.54, 1.807) is 12.1 Å². The van der Waals surface area contributed by atoms with Gasteiger partial charge in [-0.05, 0) is 30.5 Å². The summed E-state index contributed by atoms with van der Waals surface area (Å²) in [6.45, 7) is 1.66. The standard InChI is InChI=1S/C13H13NO3S2/c1-10(15)11-4-2-6-13(8-11)19(16,17)14-9-12-5-3-7-18-12/h2-8,14H,9H2,1H3. The van der Waals surface area contributed by atoms with Gasteiger partial charge in [0, 0.05) is 17.0 Å². The SMILES string of the molecule is CC(=O)c1cccc(S(=O)(=O)NCc2cccs2)c1. The number of carbonyl (C=O) groups excluding carboxylic acids is 1. The molecule has 0 aliphatic carbocycles. The normalized spacial score (nSPS) is 11.4. The molecule has 0 fully saturated rings. The van der Waals surface area contributed by atoms with E-state index < -0.39 is 10.0 Å². The average molecular weight is 295 g/mol. The summed E-state index contributed by atoms with van der Waals surface area (Å²) in [6, 6.07) is 9.75. The van der Waals surface area contributed by atoms with Gasteiger partial charge in [0.2, 0.25) is 10.0 Å². The number of carbonyl (C=O) groups is 1. The van der Waals surface area contributed by atoms with Crippen molar-refractivity contribution in [1.29, 1.82) is 0 Å². The van der Waals surface area contributed by atoms with E-state index in [1.165, 1.54) is 30.4 Å². The Bertz CT molecular complexity index is 676. The molecule has 0 unspecified atom stereocenters. The molecular formula is C13H13NO3S2.